The fourth-order valence-electron chi connectivity index (χ4n) is 4.52. The molecular formula is C21H30N4O3. The van der Waals surface area contributed by atoms with E-state index in [4.69, 9.17) is 9.63 Å². The first-order chi connectivity index (χ1) is 13.7. The molecule has 2 heterocycles. The van der Waals surface area contributed by atoms with Gasteiger partial charge >= 0.3 is 0 Å². The van der Waals surface area contributed by atoms with Crippen LogP contribution in [0.5, 0.6) is 0 Å². The summed E-state index contributed by atoms with van der Waals surface area (Å²) in [4.78, 5) is 16.2. The van der Waals surface area contributed by atoms with Gasteiger partial charge in [0.1, 0.15) is 6.61 Å². The number of carbonyl (C=O) groups excluding carboxylic acids is 1. The van der Waals surface area contributed by atoms with Crippen LogP contribution in [0.15, 0.2) is 28.8 Å². The van der Waals surface area contributed by atoms with Gasteiger partial charge in [-0.05, 0) is 56.7 Å². The molecule has 0 bridgehead atoms. The first-order valence-corrected chi connectivity index (χ1v) is 10.4. The second-order valence-corrected chi connectivity index (χ2v) is 8.06. The lowest BCUT2D eigenvalue weighted by Crippen LogP contribution is -2.47. The van der Waals surface area contributed by atoms with Gasteiger partial charge in [-0.15, -0.1) is 0 Å². The predicted molar refractivity (Wildman–Crippen MR) is 108 cm³/mol. The zero-order valence-electron chi connectivity index (χ0n) is 16.3. The molecule has 1 aromatic heterocycles. The minimum atomic E-state index is -0.407. The van der Waals surface area contributed by atoms with Gasteiger partial charge < -0.3 is 19.8 Å². The van der Waals surface area contributed by atoms with Gasteiger partial charge in [0.2, 0.25) is 5.91 Å². The molecule has 28 heavy (non-hydrogen) atoms. The summed E-state index contributed by atoms with van der Waals surface area (Å²) in [6.45, 7) is 4.82. The van der Waals surface area contributed by atoms with E-state index in [1.807, 2.05) is 18.2 Å². The first kappa shape index (κ1) is 19.2. The average Bonchev–Trinajstić information content (AvgIpc) is 3.18. The van der Waals surface area contributed by atoms with Crippen molar-refractivity contribution in [2.24, 2.45) is 5.92 Å². The van der Waals surface area contributed by atoms with E-state index >= 15 is 0 Å². The summed E-state index contributed by atoms with van der Waals surface area (Å²) in [7, 11) is 0. The van der Waals surface area contributed by atoms with E-state index in [1.165, 1.54) is 19.3 Å². The largest absolute Gasteiger partial charge is 0.387 e. The molecule has 1 saturated heterocycles. The van der Waals surface area contributed by atoms with Gasteiger partial charge in [-0.2, -0.15) is 0 Å². The Morgan fingerprint density at radius 2 is 1.89 bits per heavy atom. The standard InChI is InChI=1S/C21H30N4O3/c26-15-20(27)22-17-7-5-16(6-8-17)9-10-24-11-13-25(14-12-24)21-18-3-1-2-4-19(18)28-23-21/h1-4,16-17,26H,5-15H2,(H,22,27)/t16-,17-. The Hall–Kier alpha value is -2.12. The Morgan fingerprint density at radius 3 is 2.64 bits per heavy atom. The summed E-state index contributed by atoms with van der Waals surface area (Å²) in [5.74, 6) is 1.47. The molecule has 1 amide bonds. The second-order valence-electron chi connectivity index (χ2n) is 8.06. The third-order valence-corrected chi connectivity index (χ3v) is 6.24. The third-order valence-electron chi connectivity index (χ3n) is 6.24. The maximum absolute atomic E-state index is 11.3. The third kappa shape index (κ3) is 4.47. The molecule has 2 fully saturated rings. The van der Waals surface area contributed by atoms with Crippen molar-refractivity contribution in [2.45, 2.75) is 38.1 Å². The number of anilines is 1. The van der Waals surface area contributed by atoms with Gasteiger partial charge in [0.15, 0.2) is 11.4 Å². The van der Waals surface area contributed by atoms with Crippen LogP contribution >= 0.6 is 0 Å². The fraction of sp³-hybridized carbons (Fsp3) is 0.619. The number of nitrogens with one attached hydrogen (secondary N) is 1. The lowest BCUT2D eigenvalue weighted by Gasteiger charge is -2.36. The summed E-state index contributed by atoms with van der Waals surface area (Å²) in [6, 6.07) is 8.29. The van der Waals surface area contributed by atoms with E-state index in [9.17, 15) is 4.79 Å². The van der Waals surface area contributed by atoms with Crippen molar-refractivity contribution < 1.29 is 14.4 Å². The fourth-order valence-corrected chi connectivity index (χ4v) is 4.52. The summed E-state index contributed by atoms with van der Waals surface area (Å²) >= 11 is 0. The number of para-hydroxylation sites is 1. The molecule has 7 nitrogen and oxygen atoms in total. The molecule has 0 spiro atoms. The van der Waals surface area contributed by atoms with E-state index in [2.05, 4.69) is 26.3 Å². The molecule has 4 rings (SSSR count). The lowest BCUT2D eigenvalue weighted by atomic mass is 9.84. The van der Waals surface area contributed by atoms with Gasteiger partial charge in [0.05, 0.1) is 5.39 Å². The Kier molecular flexibility index (Phi) is 6.12. The summed E-state index contributed by atoms with van der Waals surface area (Å²) < 4.78 is 5.45. The number of fused-ring (bicyclic) bond motifs is 1. The molecule has 0 radical (unpaired) electrons. The molecule has 1 saturated carbocycles. The van der Waals surface area contributed by atoms with Gasteiger partial charge in [0.25, 0.3) is 0 Å². The Labute approximate surface area is 165 Å². The van der Waals surface area contributed by atoms with Crippen molar-refractivity contribution >= 4 is 22.7 Å². The minimum Gasteiger partial charge on any atom is -0.387 e. The van der Waals surface area contributed by atoms with Gasteiger partial charge in [-0.1, -0.05) is 17.3 Å². The second kappa shape index (κ2) is 8.92. The van der Waals surface area contributed by atoms with E-state index in [0.717, 1.165) is 68.3 Å². The number of hydrogen-bond acceptors (Lipinski definition) is 6. The van der Waals surface area contributed by atoms with Crippen LogP contribution in [0.25, 0.3) is 11.0 Å². The highest BCUT2D eigenvalue weighted by Crippen LogP contribution is 2.28. The maximum Gasteiger partial charge on any atom is 0.245 e. The highest BCUT2D eigenvalue weighted by molar-refractivity contribution is 5.88. The number of aliphatic hydroxyl groups is 1. The number of benzene rings is 1. The molecule has 0 unspecified atom stereocenters. The van der Waals surface area contributed by atoms with Crippen molar-refractivity contribution in [3.8, 4) is 0 Å². The number of amides is 1. The van der Waals surface area contributed by atoms with Crippen LogP contribution in [0.2, 0.25) is 0 Å². The Bertz CT molecular complexity index is 777. The molecule has 7 heteroatoms. The topological polar surface area (TPSA) is 81.8 Å². The lowest BCUT2D eigenvalue weighted by molar-refractivity contribution is -0.124. The summed E-state index contributed by atoms with van der Waals surface area (Å²) in [5, 5.41) is 17.1. The van der Waals surface area contributed by atoms with Crippen molar-refractivity contribution in [1.82, 2.24) is 15.4 Å². The number of piperazine rings is 1. The van der Waals surface area contributed by atoms with Crippen LogP contribution in [0, 0.1) is 5.92 Å². The minimum absolute atomic E-state index is 0.247. The maximum atomic E-state index is 11.3. The monoisotopic (exact) mass is 386 g/mol. The Morgan fingerprint density at radius 1 is 1.14 bits per heavy atom. The quantitative estimate of drug-likeness (QED) is 0.790. The number of rotatable bonds is 6. The van der Waals surface area contributed by atoms with Crippen molar-refractivity contribution in [1.29, 1.82) is 0 Å². The van der Waals surface area contributed by atoms with Crippen LogP contribution in [0.1, 0.15) is 32.1 Å². The highest BCUT2D eigenvalue weighted by atomic mass is 16.5. The number of aromatic nitrogens is 1. The Balaban J connectivity index is 1.19. The SMILES string of the molecule is O=C(CO)N[C@H]1CC[C@H](CCN2CCN(c3noc4ccccc34)CC2)CC1. The van der Waals surface area contributed by atoms with Crippen LogP contribution in [-0.2, 0) is 4.79 Å². The molecule has 1 aliphatic carbocycles. The van der Waals surface area contributed by atoms with E-state index in [0.29, 0.717) is 0 Å². The van der Waals surface area contributed by atoms with E-state index in [1.54, 1.807) is 0 Å². The van der Waals surface area contributed by atoms with Crippen molar-refractivity contribution in [2.75, 3.05) is 44.2 Å². The first-order valence-electron chi connectivity index (χ1n) is 10.4. The highest BCUT2D eigenvalue weighted by Gasteiger charge is 2.25. The number of hydrogen-bond donors (Lipinski definition) is 2. The van der Waals surface area contributed by atoms with Crippen molar-refractivity contribution in [3.05, 3.63) is 24.3 Å². The smallest absolute Gasteiger partial charge is 0.245 e. The van der Waals surface area contributed by atoms with E-state index < -0.39 is 6.61 Å². The predicted octanol–water partition coefficient (Wildman–Crippen LogP) is 2.01. The molecule has 1 aliphatic heterocycles. The molecule has 152 valence electrons. The van der Waals surface area contributed by atoms with Crippen LogP contribution in [0.3, 0.4) is 0 Å². The normalized spacial score (nSPS) is 23.8. The summed E-state index contributed by atoms with van der Waals surface area (Å²) in [5.41, 5.74) is 0.853. The van der Waals surface area contributed by atoms with E-state index in [-0.39, 0.29) is 11.9 Å². The van der Waals surface area contributed by atoms with Gasteiger partial charge in [0, 0.05) is 32.2 Å². The average molecular weight is 386 g/mol. The molecule has 0 atom stereocenters. The number of nitrogens with zero attached hydrogens (tertiary/aromatic N) is 3. The number of carbonyl (C=O) groups is 1. The number of aliphatic hydroxyl groups excluding tert-OH is 1. The molecule has 2 aliphatic rings. The van der Waals surface area contributed by atoms with Crippen LogP contribution in [0.4, 0.5) is 5.82 Å². The van der Waals surface area contributed by atoms with Gasteiger partial charge in [-0.3, -0.25) is 9.69 Å². The van der Waals surface area contributed by atoms with Crippen LogP contribution < -0.4 is 10.2 Å². The van der Waals surface area contributed by atoms with Crippen molar-refractivity contribution in [3.63, 3.8) is 0 Å². The molecule has 2 aromatic rings. The summed E-state index contributed by atoms with van der Waals surface area (Å²) in [6.07, 6.45) is 5.63. The molecule has 1 aromatic carbocycles. The molecular weight excluding hydrogens is 356 g/mol. The molecule has 2 N–H and O–H groups in total. The van der Waals surface area contributed by atoms with Gasteiger partial charge in [-0.25, -0.2) is 0 Å². The van der Waals surface area contributed by atoms with Crippen LogP contribution in [-0.4, -0.2) is 66.4 Å². The zero-order valence-corrected chi connectivity index (χ0v) is 16.3. The zero-order chi connectivity index (χ0) is 19.3.